The van der Waals surface area contributed by atoms with Crippen LogP contribution >= 0.6 is 11.6 Å². The second-order valence-corrected chi connectivity index (χ2v) is 10.1. The molecule has 3 aromatic carbocycles. The Kier molecular flexibility index (Phi) is 5.41. The smallest absolute Gasteiger partial charge is 0.231 e. The molecule has 0 saturated carbocycles. The molecule has 0 fully saturated rings. The molecule has 29 heavy (non-hydrogen) atoms. The Labute approximate surface area is 178 Å². The van der Waals surface area contributed by atoms with Gasteiger partial charge in [0.1, 0.15) is 0 Å². The summed E-state index contributed by atoms with van der Waals surface area (Å²) in [7, 11) is -1.70. The van der Waals surface area contributed by atoms with Crippen molar-refractivity contribution < 1.29 is 8.42 Å². The molecule has 0 aromatic heterocycles. The first-order valence-corrected chi connectivity index (χ1v) is 11.9. The second kappa shape index (κ2) is 7.85. The van der Waals surface area contributed by atoms with E-state index >= 15 is 0 Å². The average Bonchev–Trinajstić information content (AvgIpc) is 2.84. The molecule has 3 aromatic rings. The van der Waals surface area contributed by atoms with Crippen molar-refractivity contribution in [1.29, 1.82) is 0 Å². The van der Waals surface area contributed by atoms with Crippen molar-refractivity contribution >= 4 is 27.3 Å². The Hall–Kier alpha value is -2.30. The van der Waals surface area contributed by atoms with Gasteiger partial charge in [0.05, 0.1) is 11.9 Å². The zero-order valence-electron chi connectivity index (χ0n) is 16.6. The number of benzene rings is 3. The fraction of sp³-hybridized carbons (Fsp3) is 0.250. The molecule has 1 aliphatic carbocycles. The molecule has 0 bridgehead atoms. The monoisotopic (exact) mass is 425 g/mol. The van der Waals surface area contributed by atoms with Crippen LogP contribution in [0.5, 0.6) is 0 Å². The quantitative estimate of drug-likeness (QED) is 0.575. The van der Waals surface area contributed by atoms with E-state index in [-0.39, 0.29) is 5.92 Å². The minimum absolute atomic E-state index is 0.208. The van der Waals surface area contributed by atoms with Gasteiger partial charge in [0.25, 0.3) is 0 Å². The van der Waals surface area contributed by atoms with Crippen LogP contribution in [0.25, 0.3) is 0 Å². The van der Waals surface area contributed by atoms with E-state index in [0.29, 0.717) is 5.69 Å². The fourth-order valence-corrected chi connectivity index (χ4v) is 4.89. The molecule has 1 aliphatic rings. The van der Waals surface area contributed by atoms with Crippen LogP contribution < -0.4 is 4.31 Å². The largest absolute Gasteiger partial charge is 0.274 e. The number of rotatable bonds is 4. The predicted octanol–water partition coefficient (Wildman–Crippen LogP) is 5.21. The topological polar surface area (TPSA) is 37.4 Å². The summed E-state index contributed by atoms with van der Waals surface area (Å²) < 4.78 is 25.2. The van der Waals surface area contributed by atoms with E-state index in [0.717, 1.165) is 29.8 Å². The Balaban J connectivity index is 1.77. The molecule has 0 heterocycles. The van der Waals surface area contributed by atoms with E-state index in [1.54, 1.807) is 7.05 Å². The average molecular weight is 426 g/mol. The summed E-state index contributed by atoms with van der Waals surface area (Å²) in [5.74, 6) is 0.208. The Bertz CT molecular complexity index is 1160. The Morgan fingerprint density at radius 2 is 1.66 bits per heavy atom. The lowest BCUT2D eigenvalue weighted by Crippen LogP contribution is -2.24. The summed E-state index contributed by atoms with van der Waals surface area (Å²) in [5.41, 5.74) is 7.11. The van der Waals surface area contributed by atoms with Crippen LogP contribution in [-0.4, -0.2) is 21.7 Å². The van der Waals surface area contributed by atoms with Crippen LogP contribution in [0.3, 0.4) is 0 Å². The number of hydrogen-bond acceptors (Lipinski definition) is 2. The standard InChI is InChI=1S/C24H24ClNO2S/c1-26(29(2,27)28)21-8-5-6-17(14-21)15-24-22-9-4-3-7-18(22)10-11-19-16-20(25)12-13-23(19)24/h3-9,12-14,16,24H,10-11,15H2,1-2H3/t24-/m1/s1. The first-order chi connectivity index (χ1) is 13.8. The van der Waals surface area contributed by atoms with Crippen LogP contribution in [0.2, 0.25) is 5.02 Å². The van der Waals surface area contributed by atoms with Gasteiger partial charge in [0, 0.05) is 18.0 Å². The number of hydrogen-bond donors (Lipinski definition) is 0. The lowest BCUT2D eigenvalue weighted by atomic mass is 9.83. The molecular weight excluding hydrogens is 402 g/mol. The minimum atomic E-state index is -3.29. The van der Waals surface area contributed by atoms with Gasteiger partial charge < -0.3 is 0 Å². The molecule has 0 radical (unpaired) electrons. The number of halogens is 1. The maximum Gasteiger partial charge on any atom is 0.231 e. The van der Waals surface area contributed by atoms with Crippen LogP contribution in [0, 0.1) is 0 Å². The lowest BCUT2D eigenvalue weighted by molar-refractivity contribution is 0.600. The van der Waals surface area contributed by atoms with Crippen molar-refractivity contribution in [3.63, 3.8) is 0 Å². The number of anilines is 1. The number of sulfonamides is 1. The van der Waals surface area contributed by atoms with Crippen molar-refractivity contribution in [3.05, 3.63) is 99.6 Å². The van der Waals surface area contributed by atoms with Crippen molar-refractivity contribution in [2.24, 2.45) is 0 Å². The van der Waals surface area contributed by atoms with Gasteiger partial charge >= 0.3 is 0 Å². The van der Waals surface area contributed by atoms with E-state index in [2.05, 4.69) is 42.5 Å². The zero-order valence-corrected chi connectivity index (χ0v) is 18.2. The Morgan fingerprint density at radius 1 is 0.931 bits per heavy atom. The van der Waals surface area contributed by atoms with E-state index in [1.807, 2.05) is 24.3 Å². The molecule has 0 saturated heterocycles. The van der Waals surface area contributed by atoms with E-state index in [1.165, 1.54) is 32.8 Å². The van der Waals surface area contributed by atoms with Gasteiger partial charge in [-0.15, -0.1) is 0 Å². The highest BCUT2D eigenvalue weighted by molar-refractivity contribution is 7.92. The van der Waals surface area contributed by atoms with Crippen LogP contribution in [0.4, 0.5) is 5.69 Å². The van der Waals surface area contributed by atoms with E-state index in [9.17, 15) is 8.42 Å². The van der Waals surface area contributed by atoms with Gasteiger partial charge in [-0.05, 0) is 71.3 Å². The number of nitrogens with zero attached hydrogens (tertiary/aromatic N) is 1. The van der Waals surface area contributed by atoms with Crippen molar-refractivity contribution in [1.82, 2.24) is 0 Å². The molecule has 0 aliphatic heterocycles. The minimum Gasteiger partial charge on any atom is -0.274 e. The molecular formula is C24H24ClNO2S. The molecule has 0 N–H and O–H groups in total. The van der Waals surface area contributed by atoms with Crippen LogP contribution in [0.15, 0.2) is 66.7 Å². The second-order valence-electron chi connectivity index (χ2n) is 7.70. The first-order valence-electron chi connectivity index (χ1n) is 9.72. The van der Waals surface area contributed by atoms with Gasteiger partial charge in [0.2, 0.25) is 10.0 Å². The maximum absolute atomic E-state index is 12.0. The van der Waals surface area contributed by atoms with Gasteiger partial charge in [-0.3, -0.25) is 4.31 Å². The molecule has 150 valence electrons. The third kappa shape index (κ3) is 4.19. The fourth-order valence-electron chi connectivity index (χ4n) is 4.20. The molecule has 0 spiro atoms. The third-order valence-corrected chi connectivity index (χ3v) is 7.23. The van der Waals surface area contributed by atoms with Crippen molar-refractivity contribution in [3.8, 4) is 0 Å². The SMILES string of the molecule is CN(c1cccc(C[C@@H]2c3ccccc3CCc3cc(Cl)ccc32)c1)S(C)(=O)=O. The number of fused-ring (bicyclic) bond motifs is 2. The Morgan fingerprint density at radius 3 is 2.45 bits per heavy atom. The molecule has 0 amide bonds. The zero-order chi connectivity index (χ0) is 20.6. The maximum atomic E-state index is 12.0. The summed E-state index contributed by atoms with van der Waals surface area (Å²) in [6, 6.07) is 22.6. The summed E-state index contributed by atoms with van der Waals surface area (Å²) in [5, 5.41) is 0.769. The third-order valence-electron chi connectivity index (χ3n) is 5.79. The molecule has 1 atom stereocenters. The number of aryl methyl sites for hydroxylation is 2. The normalized spacial score (nSPS) is 15.9. The molecule has 5 heteroatoms. The van der Waals surface area contributed by atoms with Crippen LogP contribution in [0.1, 0.15) is 33.7 Å². The lowest BCUT2D eigenvalue weighted by Gasteiger charge is -2.22. The van der Waals surface area contributed by atoms with E-state index < -0.39 is 10.0 Å². The van der Waals surface area contributed by atoms with Gasteiger partial charge in [-0.2, -0.15) is 0 Å². The van der Waals surface area contributed by atoms with Crippen molar-refractivity contribution in [2.75, 3.05) is 17.6 Å². The molecule has 0 unspecified atom stereocenters. The predicted molar refractivity (Wildman–Crippen MR) is 121 cm³/mol. The highest BCUT2D eigenvalue weighted by Gasteiger charge is 2.24. The van der Waals surface area contributed by atoms with Crippen molar-refractivity contribution in [2.45, 2.75) is 25.2 Å². The van der Waals surface area contributed by atoms with Gasteiger partial charge in [-0.25, -0.2) is 8.42 Å². The summed E-state index contributed by atoms with van der Waals surface area (Å²) >= 11 is 6.29. The van der Waals surface area contributed by atoms with E-state index in [4.69, 9.17) is 11.6 Å². The summed E-state index contributed by atoms with van der Waals surface area (Å²) in [6.07, 6.45) is 4.00. The summed E-state index contributed by atoms with van der Waals surface area (Å²) in [4.78, 5) is 0. The highest BCUT2D eigenvalue weighted by atomic mass is 35.5. The van der Waals surface area contributed by atoms with Gasteiger partial charge in [-0.1, -0.05) is 54.1 Å². The molecule has 4 rings (SSSR count). The first kappa shape index (κ1) is 20.0. The summed E-state index contributed by atoms with van der Waals surface area (Å²) in [6.45, 7) is 0. The van der Waals surface area contributed by atoms with Crippen LogP contribution in [-0.2, 0) is 29.3 Å². The highest BCUT2D eigenvalue weighted by Crippen LogP contribution is 2.38. The van der Waals surface area contributed by atoms with Gasteiger partial charge in [0.15, 0.2) is 0 Å². The molecule has 3 nitrogen and oxygen atoms in total.